The lowest BCUT2D eigenvalue weighted by Crippen LogP contribution is -2.15. The molecule has 0 saturated heterocycles. The number of esters is 1. The molecule has 0 spiro atoms. The van der Waals surface area contributed by atoms with Crippen LogP contribution < -0.4 is 5.73 Å². The Morgan fingerprint density at radius 1 is 1.10 bits per heavy atom. The number of benzene rings is 1. The van der Waals surface area contributed by atoms with Crippen molar-refractivity contribution in [1.82, 2.24) is 0 Å². The van der Waals surface area contributed by atoms with Crippen LogP contribution >= 0.6 is 17.0 Å². The van der Waals surface area contributed by atoms with E-state index in [0.717, 1.165) is 0 Å². The van der Waals surface area contributed by atoms with Gasteiger partial charge in [0.1, 0.15) is 12.4 Å². The number of rotatable bonds is 7. The Hall–Kier alpha value is -1.73. The van der Waals surface area contributed by atoms with Crippen LogP contribution in [0.15, 0.2) is 24.3 Å². The van der Waals surface area contributed by atoms with Crippen molar-refractivity contribution in [3.63, 3.8) is 0 Å². The molecule has 0 saturated carbocycles. The SMILES string of the molecule is Br.NCC(=O)CCC(=O)OCc1ccc(C(=O)O)cc1. The molecule has 0 unspecified atom stereocenters. The summed E-state index contributed by atoms with van der Waals surface area (Å²) in [6.07, 6.45) is 0.0799. The summed E-state index contributed by atoms with van der Waals surface area (Å²) in [4.78, 5) is 32.8. The number of Topliss-reactive ketones (excluding diaryl/α,β-unsaturated/α-hetero) is 1. The minimum atomic E-state index is -1.01. The van der Waals surface area contributed by atoms with Crippen molar-refractivity contribution < 1.29 is 24.2 Å². The summed E-state index contributed by atoms with van der Waals surface area (Å²) in [5, 5.41) is 8.71. The van der Waals surface area contributed by atoms with Gasteiger partial charge < -0.3 is 15.6 Å². The van der Waals surface area contributed by atoms with E-state index < -0.39 is 11.9 Å². The van der Waals surface area contributed by atoms with Crippen molar-refractivity contribution in [2.75, 3.05) is 6.54 Å². The van der Waals surface area contributed by atoms with Crippen LogP contribution in [0.3, 0.4) is 0 Å². The fraction of sp³-hybridized carbons (Fsp3) is 0.308. The first-order chi connectivity index (χ1) is 9.02. The zero-order chi connectivity index (χ0) is 14.3. The summed E-state index contributed by atoms with van der Waals surface area (Å²) in [6.45, 7) is -0.0283. The molecule has 0 heterocycles. The van der Waals surface area contributed by atoms with E-state index in [0.29, 0.717) is 5.56 Å². The quantitative estimate of drug-likeness (QED) is 0.721. The van der Waals surface area contributed by atoms with E-state index in [2.05, 4.69) is 0 Å². The van der Waals surface area contributed by atoms with Gasteiger partial charge in [0.05, 0.1) is 18.5 Å². The Labute approximate surface area is 126 Å². The standard InChI is InChI=1S/C13H15NO5.BrH/c14-7-11(15)5-6-12(16)19-8-9-1-3-10(4-2-9)13(17)18;/h1-4H,5-8,14H2,(H,17,18);1H. The van der Waals surface area contributed by atoms with Crippen LogP contribution in [0.5, 0.6) is 0 Å². The number of carbonyl (C=O) groups excluding carboxylic acids is 2. The molecule has 0 amide bonds. The predicted molar refractivity (Wildman–Crippen MR) is 76.8 cm³/mol. The van der Waals surface area contributed by atoms with E-state index in [1.807, 2.05) is 0 Å². The second-order valence-electron chi connectivity index (χ2n) is 3.91. The fourth-order valence-corrected chi connectivity index (χ4v) is 1.32. The number of ketones is 1. The maximum absolute atomic E-state index is 11.3. The lowest BCUT2D eigenvalue weighted by atomic mass is 10.1. The van der Waals surface area contributed by atoms with Gasteiger partial charge in [-0.2, -0.15) is 0 Å². The second kappa shape index (κ2) is 9.22. The number of carbonyl (C=O) groups is 3. The molecule has 0 fully saturated rings. The molecule has 20 heavy (non-hydrogen) atoms. The van der Waals surface area contributed by atoms with E-state index in [1.165, 1.54) is 12.1 Å². The van der Waals surface area contributed by atoms with E-state index >= 15 is 0 Å². The summed E-state index contributed by atoms with van der Waals surface area (Å²) >= 11 is 0. The summed E-state index contributed by atoms with van der Waals surface area (Å²) in [6, 6.07) is 6.01. The van der Waals surface area contributed by atoms with Crippen molar-refractivity contribution >= 4 is 34.7 Å². The summed E-state index contributed by atoms with van der Waals surface area (Å²) in [5.74, 6) is -1.68. The van der Waals surface area contributed by atoms with E-state index in [4.69, 9.17) is 15.6 Å². The molecule has 0 aromatic heterocycles. The average Bonchev–Trinajstić information content (AvgIpc) is 2.42. The third-order valence-corrected chi connectivity index (χ3v) is 2.44. The van der Waals surface area contributed by atoms with Gasteiger partial charge in [0.2, 0.25) is 0 Å². The number of hydrogen-bond donors (Lipinski definition) is 2. The Morgan fingerprint density at radius 2 is 1.70 bits per heavy atom. The smallest absolute Gasteiger partial charge is 0.335 e. The maximum atomic E-state index is 11.3. The highest BCUT2D eigenvalue weighted by Gasteiger charge is 2.07. The van der Waals surface area contributed by atoms with Gasteiger partial charge in [0.15, 0.2) is 0 Å². The van der Waals surface area contributed by atoms with Crippen molar-refractivity contribution in [3.8, 4) is 0 Å². The number of hydrogen-bond acceptors (Lipinski definition) is 5. The maximum Gasteiger partial charge on any atom is 0.335 e. The highest BCUT2D eigenvalue weighted by Crippen LogP contribution is 2.06. The summed E-state index contributed by atoms with van der Waals surface area (Å²) in [5.41, 5.74) is 5.97. The minimum Gasteiger partial charge on any atom is -0.478 e. The molecule has 0 bridgehead atoms. The third kappa shape index (κ3) is 6.44. The van der Waals surface area contributed by atoms with Crippen molar-refractivity contribution in [3.05, 3.63) is 35.4 Å². The van der Waals surface area contributed by atoms with Gasteiger partial charge in [0.25, 0.3) is 0 Å². The van der Waals surface area contributed by atoms with Gasteiger partial charge in [0, 0.05) is 6.42 Å². The average molecular weight is 346 g/mol. The molecule has 0 aliphatic carbocycles. The molecule has 6 nitrogen and oxygen atoms in total. The molecule has 0 aliphatic heterocycles. The molecular formula is C13H16BrNO5. The number of ether oxygens (including phenoxy) is 1. The third-order valence-electron chi connectivity index (χ3n) is 2.44. The van der Waals surface area contributed by atoms with E-state index in [-0.39, 0.29) is 54.3 Å². The molecule has 3 N–H and O–H groups in total. The van der Waals surface area contributed by atoms with Gasteiger partial charge in [-0.1, -0.05) is 12.1 Å². The van der Waals surface area contributed by atoms with Crippen LogP contribution in [-0.2, 0) is 20.9 Å². The molecule has 0 aliphatic rings. The van der Waals surface area contributed by atoms with Gasteiger partial charge in [-0.15, -0.1) is 17.0 Å². The molecule has 1 aromatic carbocycles. The number of nitrogens with two attached hydrogens (primary N) is 1. The highest BCUT2D eigenvalue weighted by molar-refractivity contribution is 8.93. The first-order valence-corrected chi connectivity index (χ1v) is 5.72. The lowest BCUT2D eigenvalue weighted by Gasteiger charge is -2.05. The molecule has 7 heteroatoms. The number of carboxylic acids is 1. The zero-order valence-corrected chi connectivity index (χ0v) is 12.4. The zero-order valence-electron chi connectivity index (χ0n) is 10.7. The Balaban J connectivity index is 0.00000361. The van der Waals surface area contributed by atoms with Crippen molar-refractivity contribution in [1.29, 1.82) is 0 Å². The summed E-state index contributed by atoms with van der Waals surface area (Å²) < 4.78 is 4.94. The topological polar surface area (TPSA) is 107 Å². The molecular weight excluding hydrogens is 330 g/mol. The van der Waals surface area contributed by atoms with Crippen LogP contribution in [0.2, 0.25) is 0 Å². The van der Waals surface area contributed by atoms with Gasteiger partial charge >= 0.3 is 11.9 Å². The van der Waals surface area contributed by atoms with Crippen molar-refractivity contribution in [2.45, 2.75) is 19.4 Å². The van der Waals surface area contributed by atoms with Crippen molar-refractivity contribution in [2.24, 2.45) is 5.73 Å². The van der Waals surface area contributed by atoms with Gasteiger partial charge in [-0.25, -0.2) is 4.79 Å². The first kappa shape index (κ1) is 18.3. The normalized spacial score (nSPS) is 9.45. The molecule has 0 atom stereocenters. The largest absolute Gasteiger partial charge is 0.478 e. The van der Waals surface area contributed by atoms with Gasteiger partial charge in [-0.3, -0.25) is 9.59 Å². The predicted octanol–water partition coefficient (Wildman–Crippen LogP) is 1.31. The monoisotopic (exact) mass is 345 g/mol. The molecule has 1 aromatic rings. The Morgan fingerprint density at radius 3 is 2.20 bits per heavy atom. The first-order valence-electron chi connectivity index (χ1n) is 5.72. The number of carboxylic acid groups (broad SMARTS) is 1. The highest BCUT2D eigenvalue weighted by atomic mass is 79.9. The van der Waals surface area contributed by atoms with Crippen LogP contribution in [0, 0.1) is 0 Å². The molecule has 0 radical (unpaired) electrons. The number of halogens is 1. The summed E-state index contributed by atoms with van der Waals surface area (Å²) in [7, 11) is 0. The molecule has 1 rings (SSSR count). The van der Waals surface area contributed by atoms with E-state index in [1.54, 1.807) is 12.1 Å². The van der Waals surface area contributed by atoms with E-state index in [9.17, 15) is 14.4 Å². The lowest BCUT2D eigenvalue weighted by molar-refractivity contribution is -0.146. The number of aromatic carboxylic acids is 1. The Bertz CT molecular complexity index is 472. The molecule has 110 valence electrons. The minimum absolute atomic E-state index is 0. The Kier molecular flexibility index (Phi) is 8.42. The van der Waals surface area contributed by atoms with Gasteiger partial charge in [-0.05, 0) is 17.7 Å². The van der Waals surface area contributed by atoms with Crippen LogP contribution in [0.4, 0.5) is 0 Å². The second-order valence-corrected chi connectivity index (χ2v) is 3.91. The van der Waals surface area contributed by atoms with Crippen LogP contribution in [-0.4, -0.2) is 29.4 Å². The van der Waals surface area contributed by atoms with Crippen LogP contribution in [0.1, 0.15) is 28.8 Å². The van der Waals surface area contributed by atoms with Crippen LogP contribution in [0.25, 0.3) is 0 Å². The fourth-order valence-electron chi connectivity index (χ4n) is 1.32.